The van der Waals surface area contributed by atoms with Crippen molar-refractivity contribution in [3.8, 4) is 0 Å². The first-order valence-electron chi connectivity index (χ1n) is 11.8. The molecule has 0 aromatic carbocycles. The zero-order valence-corrected chi connectivity index (χ0v) is 20.1. The molecule has 1 nitrogen and oxygen atoms in total. The Hall–Kier alpha value is -0.820. The summed E-state index contributed by atoms with van der Waals surface area (Å²) in [5.41, 5.74) is 7.71. The molecule has 1 fully saturated rings. The van der Waals surface area contributed by atoms with Crippen LogP contribution in [0.25, 0.3) is 0 Å². The van der Waals surface area contributed by atoms with Gasteiger partial charge in [0.1, 0.15) is 0 Å². The van der Waals surface area contributed by atoms with Gasteiger partial charge < -0.3 is 5.11 Å². The highest BCUT2D eigenvalue weighted by atomic mass is 16.2. The van der Waals surface area contributed by atoms with Gasteiger partial charge in [0, 0.05) is 6.61 Å². The Balaban J connectivity index is 2.87. The number of aliphatic hydroxyl groups is 1. The van der Waals surface area contributed by atoms with Gasteiger partial charge in [-0.15, -0.1) is 0 Å². The average Bonchev–Trinajstić information content (AvgIpc) is 2.65. The van der Waals surface area contributed by atoms with Gasteiger partial charge in [0.05, 0.1) is 0 Å². The second-order valence-electron chi connectivity index (χ2n) is 9.96. The highest BCUT2D eigenvalue weighted by Gasteiger charge is 2.33. The molecule has 0 heterocycles. The molecule has 0 aromatic rings. The molecule has 0 aromatic heterocycles. The molecule has 28 heavy (non-hydrogen) atoms. The molecule has 1 heteroatoms. The summed E-state index contributed by atoms with van der Waals surface area (Å²) < 4.78 is 0. The lowest BCUT2D eigenvalue weighted by Crippen LogP contribution is -2.28. The third-order valence-electron chi connectivity index (χ3n) is 7.54. The Bertz CT molecular complexity index is 555. The maximum absolute atomic E-state index is 9.06. The van der Waals surface area contributed by atoms with Gasteiger partial charge in [-0.25, -0.2) is 0 Å². The minimum absolute atomic E-state index is 0.343. The largest absolute Gasteiger partial charge is 0.396 e. The lowest BCUT2D eigenvalue weighted by atomic mass is 9.65. The molecule has 162 valence electrons. The van der Waals surface area contributed by atoms with Crippen molar-refractivity contribution in [3.05, 3.63) is 34.4 Å². The smallest absolute Gasteiger partial charge is 0.0431 e. The van der Waals surface area contributed by atoms with Gasteiger partial charge >= 0.3 is 0 Å². The van der Waals surface area contributed by atoms with E-state index in [2.05, 4.69) is 55.0 Å². The monoisotopic (exact) mass is 388 g/mol. The van der Waals surface area contributed by atoms with Crippen molar-refractivity contribution in [2.24, 2.45) is 17.3 Å². The topological polar surface area (TPSA) is 20.2 Å². The molecule has 1 saturated carbocycles. The van der Waals surface area contributed by atoms with Crippen molar-refractivity contribution < 1.29 is 5.11 Å². The first-order valence-corrected chi connectivity index (χ1v) is 11.8. The molecule has 0 unspecified atom stereocenters. The summed E-state index contributed by atoms with van der Waals surface area (Å²) >= 11 is 0. The Morgan fingerprint density at radius 2 is 1.68 bits per heavy atom. The van der Waals surface area contributed by atoms with E-state index >= 15 is 0 Å². The molecule has 1 atom stereocenters. The number of hydrogen-bond donors (Lipinski definition) is 1. The summed E-state index contributed by atoms with van der Waals surface area (Å²) in [4.78, 5) is 0. The van der Waals surface area contributed by atoms with Gasteiger partial charge in [-0.1, -0.05) is 56.9 Å². The molecule has 0 spiro atoms. The van der Waals surface area contributed by atoms with E-state index in [0.29, 0.717) is 17.9 Å². The molecule has 0 aliphatic heterocycles. The lowest BCUT2D eigenvalue weighted by Gasteiger charge is -2.40. The zero-order valence-electron chi connectivity index (χ0n) is 20.1. The molecule has 0 amide bonds. The zero-order chi connectivity index (χ0) is 21.3. The predicted molar refractivity (Wildman–Crippen MR) is 126 cm³/mol. The molecule has 0 bridgehead atoms. The molecule has 1 aliphatic rings. The Morgan fingerprint density at radius 1 is 1.07 bits per heavy atom. The van der Waals surface area contributed by atoms with E-state index in [1.54, 1.807) is 5.57 Å². The SMILES string of the molecule is C=C(C)C(=C(/C)CCCC)/C(C)=C(\C)[C@H](C)C1CCC(C)(CCCCO)CC1. The van der Waals surface area contributed by atoms with Crippen molar-refractivity contribution in [3.63, 3.8) is 0 Å². The van der Waals surface area contributed by atoms with Crippen molar-refractivity contribution in [2.45, 2.75) is 113 Å². The van der Waals surface area contributed by atoms with Crippen LogP contribution in [-0.4, -0.2) is 11.7 Å². The number of unbranched alkanes of at least 4 members (excludes halogenated alkanes) is 2. The van der Waals surface area contributed by atoms with Crippen molar-refractivity contribution in [1.82, 2.24) is 0 Å². The maximum Gasteiger partial charge on any atom is 0.0431 e. The minimum Gasteiger partial charge on any atom is -0.396 e. The molecule has 1 rings (SSSR count). The second-order valence-corrected chi connectivity index (χ2v) is 9.96. The normalized spacial score (nSPS) is 25.8. The summed E-state index contributed by atoms with van der Waals surface area (Å²) in [5.74, 6) is 1.46. The van der Waals surface area contributed by atoms with Crippen LogP contribution in [0, 0.1) is 17.3 Å². The van der Waals surface area contributed by atoms with E-state index in [9.17, 15) is 0 Å². The predicted octanol–water partition coefficient (Wildman–Crippen LogP) is 8.40. The quantitative estimate of drug-likeness (QED) is 0.278. The van der Waals surface area contributed by atoms with Gasteiger partial charge in [-0.3, -0.25) is 0 Å². The van der Waals surface area contributed by atoms with Crippen LogP contribution in [0.3, 0.4) is 0 Å². The standard InChI is InChI=1S/C27H48O/c1-9-10-13-21(4)26(20(2)3)24(7)22(5)23(6)25-14-17-27(8,18-15-25)16-11-12-19-28/h23,25,28H,2,9-19H2,1,3-8H3/b24-22+,26-21+/t23-,25?,27?/m0/s1. The summed E-state index contributed by atoms with van der Waals surface area (Å²) in [6, 6.07) is 0. The fourth-order valence-corrected chi connectivity index (χ4v) is 5.21. The van der Waals surface area contributed by atoms with Crippen LogP contribution in [0.2, 0.25) is 0 Å². The van der Waals surface area contributed by atoms with Gasteiger partial charge in [0.25, 0.3) is 0 Å². The molecule has 0 saturated heterocycles. The van der Waals surface area contributed by atoms with Gasteiger partial charge in [-0.05, 0) is 107 Å². The Labute approximate surface area is 176 Å². The van der Waals surface area contributed by atoms with E-state index in [1.807, 2.05) is 0 Å². The van der Waals surface area contributed by atoms with E-state index in [4.69, 9.17) is 5.11 Å². The Kier molecular flexibility index (Phi) is 10.8. The Morgan fingerprint density at radius 3 is 2.18 bits per heavy atom. The third-order valence-corrected chi connectivity index (χ3v) is 7.54. The summed E-state index contributed by atoms with van der Waals surface area (Å²) in [5, 5.41) is 9.06. The van der Waals surface area contributed by atoms with Crippen molar-refractivity contribution in [1.29, 1.82) is 0 Å². The van der Waals surface area contributed by atoms with Crippen LogP contribution >= 0.6 is 0 Å². The van der Waals surface area contributed by atoms with Gasteiger partial charge in [0.15, 0.2) is 0 Å². The van der Waals surface area contributed by atoms with Crippen molar-refractivity contribution in [2.75, 3.05) is 6.61 Å². The van der Waals surface area contributed by atoms with E-state index in [1.165, 1.54) is 80.1 Å². The maximum atomic E-state index is 9.06. The van der Waals surface area contributed by atoms with Crippen LogP contribution < -0.4 is 0 Å². The second kappa shape index (κ2) is 12.0. The van der Waals surface area contributed by atoms with Crippen LogP contribution in [0.5, 0.6) is 0 Å². The first-order chi connectivity index (χ1) is 13.2. The fourth-order valence-electron chi connectivity index (χ4n) is 5.21. The lowest BCUT2D eigenvalue weighted by molar-refractivity contribution is 0.131. The van der Waals surface area contributed by atoms with Gasteiger partial charge in [-0.2, -0.15) is 0 Å². The highest BCUT2D eigenvalue weighted by Crippen LogP contribution is 2.46. The third kappa shape index (κ3) is 7.21. The number of rotatable bonds is 11. The van der Waals surface area contributed by atoms with Crippen molar-refractivity contribution >= 4 is 0 Å². The number of aliphatic hydroxyl groups excluding tert-OH is 1. The summed E-state index contributed by atoms with van der Waals surface area (Å²) in [6.45, 7) is 21.0. The van der Waals surface area contributed by atoms with Crippen LogP contribution in [0.15, 0.2) is 34.4 Å². The summed E-state index contributed by atoms with van der Waals surface area (Å²) in [7, 11) is 0. The highest BCUT2D eigenvalue weighted by molar-refractivity contribution is 5.48. The first kappa shape index (κ1) is 25.2. The van der Waals surface area contributed by atoms with Crippen LogP contribution in [-0.2, 0) is 0 Å². The van der Waals surface area contributed by atoms with Crippen LogP contribution in [0.4, 0.5) is 0 Å². The fraction of sp³-hybridized carbons (Fsp3) is 0.778. The molecular formula is C27H48O. The van der Waals surface area contributed by atoms with Crippen LogP contribution in [0.1, 0.15) is 113 Å². The molecule has 1 aliphatic carbocycles. The molecule has 0 radical (unpaired) electrons. The number of hydrogen-bond acceptors (Lipinski definition) is 1. The van der Waals surface area contributed by atoms with E-state index in [0.717, 1.165) is 12.3 Å². The van der Waals surface area contributed by atoms with E-state index in [-0.39, 0.29) is 0 Å². The number of allylic oxidation sites excluding steroid dienone is 5. The minimum atomic E-state index is 0.343. The summed E-state index contributed by atoms with van der Waals surface area (Å²) in [6.07, 6.45) is 12.5. The van der Waals surface area contributed by atoms with Gasteiger partial charge in [0.2, 0.25) is 0 Å². The molecule has 1 N–H and O–H groups in total. The molecular weight excluding hydrogens is 340 g/mol. The average molecular weight is 389 g/mol. The van der Waals surface area contributed by atoms with E-state index < -0.39 is 0 Å².